The van der Waals surface area contributed by atoms with Crippen molar-refractivity contribution in [2.75, 3.05) is 0 Å². The fourth-order valence-corrected chi connectivity index (χ4v) is 6.84. The Morgan fingerprint density at radius 1 is 0.759 bits per heavy atom. The third-order valence-electron chi connectivity index (χ3n) is 8.83. The van der Waals surface area contributed by atoms with Crippen molar-refractivity contribution in [3.63, 3.8) is 0 Å². The molecule has 0 aliphatic heterocycles. The molecule has 4 rings (SSSR count). The van der Waals surface area contributed by atoms with Crippen molar-refractivity contribution in [3.05, 3.63) is 34.9 Å². The van der Waals surface area contributed by atoms with Crippen molar-refractivity contribution >= 4 is 0 Å². The quantitative estimate of drug-likeness (QED) is 0.463. The van der Waals surface area contributed by atoms with Crippen LogP contribution in [0.5, 0.6) is 0 Å². The molecule has 0 bridgehead atoms. The van der Waals surface area contributed by atoms with E-state index in [1.165, 1.54) is 64.2 Å². The van der Waals surface area contributed by atoms with E-state index < -0.39 is 0 Å². The van der Waals surface area contributed by atoms with Gasteiger partial charge in [0.05, 0.1) is 0 Å². The van der Waals surface area contributed by atoms with Crippen LogP contribution in [0.15, 0.2) is 12.1 Å². The summed E-state index contributed by atoms with van der Waals surface area (Å²) in [6.07, 6.45) is 16.8. The molecular weight excluding hydrogens is 362 g/mol. The molecule has 1 aromatic carbocycles. The van der Waals surface area contributed by atoms with E-state index in [0.717, 1.165) is 48.0 Å². The Balaban J connectivity index is 1.28. The van der Waals surface area contributed by atoms with E-state index in [4.69, 9.17) is 0 Å². The van der Waals surface area contributed by atoms with Gasteiger partial charge in [0, 0.05) is 5.56 Å². The second-order valence-corrected chi connectivity index (χ2v) is 10.7. The molecule has 0 spiro atoms. The Labute approximate surface area is 176 Å². The standard InChI is InChI=1S/C27H40F2/c1-3-25-26(28)16-24(17-27(25)29)23-13-12-21-14-20(10-11-22(21)15-23)9-8-19-6-4-18(2)5-7-19/h16-23H,3-15H2,1-2H3. The Morgan fingerprint density at radius 2 is 1.34 bits per heavy atom. The van der Waals surface area contributed by atoms with Crippen molar-refractivity contribution in [2.45, 2.75) is 103 Å². The normalized spacial score (nSPS) is 35.3. The number of fused-ring (bicyclic) bond motifs is 1. The van der Waals surface area contributed by atoms with Gasteiger partial charge in [0.25, 0.3) is 0 Å². The largest absolute Gasteiger partial charge is 0.207 e. The van der Waals surface area contributed by atoms with Crippen molar-refractivity contribution in [2.24, 2.45) is 29.6 Å². The van der Waals surface area contributed by atoms with E-state index in [9.17, 15) is 8.78 Å². The first-order valence-corrected chi connectivity index (χ1v) is 12.5. The Hall–Kier alpha value is -0.920. The van der Waals surface area contributed by atoms with E-state index in [2.05, 4.69) is 6.92 Å². The summed E-state index contributed by atoms with van der Waals surface area (Å²) in [5.74, 6) is 4.19. The zero-order chi connectivity index (χ0) is 20.4. The van der Waals surface area contributed by atoms with Crippen molar-refractivity contribution in [1.29, 1.82) is 0 Å². The van der Waals surface area contributed by atoms with Gasteiger partial charge in [-0.15, -0.1) is 0 Å². The summed E-state index contributed by atoms with van der Waals surface area (Å²) < 4.78 is 28.5. The van der Waals surface area contributed by atoms with E-state index in [1.807, 2.05) is 6.92 Å². The van der Waals surface area contributed by atoms with Gasteiger partial charge in [0.1, 0.15) is 11.6 Å². The van der Waals surface area contributed by atoms with Gasteiger partial charge in [-0.05, 0) is 91.7 Å². The van der Waals surface area contributed by atoms with Gasteiger partial charge in [0.2, 0.25) is 0 Å². The number of benzene rings is 1. The predicted molar refractivity (Wildman–Crippen MR) is 117 cm³/mol. The van der Waals surface area contributed by atoms with E-state index in [0.29, 0.717) is 12.3 Å². The Kier molecular flexibility index (Phi) is 6.97. The third kappa shape index (κ3) is 5.05. The lowest BCUT2D eigenvalue weighted by Crippen LogP contribution is -2.30. The average Bonchev–Trinajstić information content (AvgIpc) is 2.72. The summed E-state index contributed by atoms with van der Waals surface area (Å²) in [7, 11) is 0. The molecule has 0 amide bonds. The Bertz CT molecular complexity index is 650. The summed E-state index contributed by atoms with van der Waals surface area (Å²) >= 11 is 0. The zero-order valence-electron chi connectivity index (χ0n) is 18.6. The predicted octanol–water partition coefficient (Wildman–Crippen LogP) is 8.43. The summed E-state index contributed by atoms with van der Waals surface area (Å²) in [6, 6.07) is 3.26. The second-order valence-electron chi connectivity index (χ2n) is 10.7. The van der Waals surface area contributed by atoms with Crippen molar-refractivity contribution < 1.29 is 8.78 Å². The summed E-state index contributed by atoms with van der Waals surface area (Å²) in [4.78, 5) is 0. The van der Waals surface area contributed by atoms with Crippen LogP contribution in [0.3, 0.4) is 0 Å². The van der Waals surface area contributed by atoms with Gasteiger partial charge in [0.15, 0.2) is 0 Å². The van der Waals surface area contributed by atoms with Crippen LogP contribution in [-0.2, 0) is 6.42 Å². The van der Waals surface area contributed by atoms with Crippen LogP contribution in [0.4, 0.5) is 8.78 Å². The van der Waals surface area contributed by atoms with Gasteiger partial charge in [-0.1, -0.05) is 58.8 Å². The molecular formula is C27H40F2. The molecule has 0 aromatic heterocycles. The molecule has 0 radical (unpaired) electrons. The summed E-state index contributed by atoms with van der Waals surface area (Å²) in [5.41, 5.74) is 1.15. The maximum atomic E-state index is 14.3. The van der Waals surface area contributed by atoms with Crippen LogP contribution in [0.1, 0.15) is 108 Å². The van der Waals surface area contributed by atoms with Gasteiger partial charge in [-0.2, -0.15) is 0 Å². The molecule has 4 atom stereocenters. The van der Waals surface area contributed by atoms with Crippen LogP contribution < -0.4 is 0 Å². The number of rotatable bonds is 5. The minimum atomic E-state index is -0.342. The fourth-order valence-electron chi connectivity index (χ4n) is 6.84. The molecule has 0 nitrogen and oxygen atoms in total. The van der Waals surface area contributed by atoms with Crippen LogP contribution in [0.2, 0.25) is 0 Å². The molecule has 4 unspecified atom stereocenters. The molecule has 29 heavy (non-hydrogen) atoms. The molecule has 3 aliphatic rings. The molecule has 3 aliphatic carbocycles. The number of hydrogen-bond acceptors (Lipinski definition) is 0. The lowest BCUT2D eigenvalue weighted by atomic mass is 9.63. The molecule has 0 heterocycles. The molecule has 3 saturated carbocycles. The first kappa shape index (κ1) is 21.3. The topological polar surface area (TPSA) is 0 Å². The van der Waals surface area contributed by atoms with Crippen molar-refractivity contribution in [1.82, 2.24) is 0 Å². The van der Waals surface area contributed by atoms with Gasteiger partial charge < -0.3 is 0 Å². The maximum absolute atomic E-state index is 14.3. The number of halogens is 2. The first-order chi connectivity index (χ1) is 14.0. The third-order valence-corrected chi connectivity index (χ3v) is 8.83. The molecule has 3 fully saturated rings. The van der Waals surface area contributed by atoms with Gasteiger partial charge in [-0.3, -0.25) is 0 Å². The lowest BCUT2D eigenvalue weighted by Gasteiger charge is -2.43. The highest BCUT2D eigenvalue weighted by Crippen LogP contribution is 2.49. The summed E-state index contributed by atoms with van der Waals surface area (Å²) in [6.45, 7) is 4.23. The van der Waals surface area contributed by atoms with Crippen LogP contribution >= 0.6 is 0 Å². The highest BCUT2D eigenvalue weighted by molar-refractivity contribution is 5.29. The zero-order valence-corrected chi connectivity index (χ0v) is 18.6. The van der Waals surface area contributed by atoms with Crippen LogP contribution in [-0.4, -0.2) is 0 Å². The fraction of sp³-hybridized carbons (Fsp3) is 0.778. The maximum Gasteiger partial charge on any atom is 0.129 e. The first-order valence-electron chi connectivity index (χ1n) is 12.5. The monoisotopic (exact) mass is 402 g/mol. The summed E-state index contributed by atoms with van der Waals surface area (Å²) in [5, 5.41) is 0. The minimum Gasteiger partial charge on any atom is -0.207 e. The van der Waals surface area contributed by atoms with E-state index in [1.54, 1.807) is 12.1 Å². The molecule has 2 heteroatoms. The molecule has 1 aromatic rings. The SMILES string of the molecule is CCc1c(F)cc(C2CCC3CC(CCC4CCC(C)CC4)CCC3C2)cc1F. The van der Waals surface area contributed by atoms with Crippen molar-refractivity contribution in [3.8, 4) is 0 Å². The highest BCUT2D eigenvalue weighted by Gasteiger charge is 2.36. The van der Waals surface area contributed by atoms with Gasteiger partial charge in [-0.25, -0.2) is 8.78 Å². The van der Waals surface area contributed by atoms with Gasteiger partial charge >= 0.3 is 0 Å². The van der Waals surface area contributed by atoms with E-state index >= 15 is 0 Å². The molecule has 0 N–H and O–H groups in total. The smallest absolute Gasteiger partial charge is 0.129 e. The van der Waals surface area contributed by atoms with Crippen LogP contribution in [0, 0.1) is 41.2 Å². The Morgan fingerprint density at radius 3 is 2.03 bits per heavy atom. The second kappa shape index (κ2) is 9.48. The van der Waals surface area contributed by atoms with Crippen LogP contribution in [0.25, 0.3) is 0 Å². The molecule has 0 saturated heterocycles. The highest BCUT2D eigenvalue weighted by atomic mass is 19.1. The van der Waals surface area contributed by atoms with E-state index in [-0.39, 0.29) is 17.2 Å². The number of hydrogen-bond donors (Lipinski definition) is 0. The minimum absolute atomic E-state index is 0.246. The molecule has 162 valence electrons. The lowest BCUT2D eigenvalue weighted by molar-refractivity contribution is 0.109. The average molecular weight is 403 g/mol.